The van der Waals surface area contributed by atoms with Crippen molar-refractivity contribution in [2.75, 3.05) is 13.1 Å². The number of rotatable bonds is 4. The minimum absolute atomic E-state index is 0.0996. The number of primary amides is 1. The van der Waals surface area contributed by atoms with Crippen LogP contribution in [0.4, 0.5) is 0 Å². The van der Waals surface area contributed by atoms with Crippen molar-refractivity contribution in [1.82, 2.24) is 14.7 Å². The van der Waals surface area contributed by atoms with Crippen molar-refractivity contribution in [3.05, 3.63) is 17.5 Å². The molecule has 5 N–H and O–H groups in total. The second-order valence-electron chi connectivity index (χ2n) is 6.79. The van der Waals surface area contributed by atoms with Crippen LogP contribution in [0.3, 0.4) is 0 Å². The zero-order valence-corrected chi connectivity index (χ0v) is 13.7. The molecule has 2 unspecified atom stereocenters. The Morgan fingerprint density at radius 2 is 2.08 bits per heavy atom. The van der Waals surface area contributed by atoms with Gasteiger partial charge in [-0.25, -0.2) is 0 Å². The molecular weight excluding hydrogens is 308 g/mol. The molecule has 8 nitrogen and oxygen atoms in total. The lowest BCUT2D eigenvalue weighted by Crippen LogP contribution is -2.38. The van der Waals surface area contributed by atoms with Crippen molar-refractivity contribution in [3.8, 4) is 0 Å². The van der Waals surface area contributed by atoms with Crippen molar-refractivity contribution in [2.24, 2.45) is 23.3 Å². The van der Waals surface area contributed by atoms with Gasteiger partial charge in [-0.15, -0.1) is 0 Å². The molecule has 2 amide bonds. The number of carbonyl (C=O) groups excluding carboxylic acids is 2. The van der Waals surface area contributed by atoms with E-state index >= 15 is 0 Å². The molecule has 0 aromatic carbocycles. The number of hydrogen-bond acceptors (Lipinski definition) is 4. The molecule has 2 aliphatic rings. The molecule has 130 valence electrons. The highest BCUT2D eigenvalue weighted by Crippen LogP contribution is 2.30. The van der Waals surface area contributed by atoms with E-state index in [2.05, 4.69) is 5.10 Å². The molecule has 1 saturated carbocycles. The Balaban J connectivity index is 1.73. The quantitative estimate of drug-likeness (QED) is 0.549. The van der Waals surface area contributed by atoms with Crippen LogP contribution in [0.15, 0.2) is 6.07 Å². The predicted octanol–water partition coefficient (Wildman–Crippen LogP) is 0.570. The van der Waals surface area contributed by atoms with Gasteiger partial charge in [-0.2, -0.15) is 5.10 Å². The predicted molar refractivity (Wildman–Crippen MR) is 88.6 cm³/mol. The normalized spacial score (nSPS) is 24.3. The van der Waals surface area contributed by atoms with Gasteiger partial charge in [-0.05, 0) is 31.6 Å². The maximum absolute atomic E-state index is 12.8. The van der Waals surface area contributed by atoms with Gasteiger partial charge < -0.3 is 16.4 Å². The third-order valence-electron chi connectivity index (χ3n) is 5.04. The molecule has 1 aliphatic carbocycles. The summed E-state index contributed by atoms with van der Waals surface area (Å²) < 4.78 is 1.58. The second-order valence-corrected chi connectivity index (χ2v) is 6.79. The number of aromatic nitrogens is 2. The number of amides is 2. The Kier molecular flexibility index (Phi) is 4.55. The topological polar surface area (TPSA) is 131 Å². The Labute approximate surface area is 140 Å². The molecule has 2 atom stereocenters. The third kappa shape index (κ3) is 3.27. The van der Waals surface area contributed by atoms with E-state index in [1.165, 1.54) is 6.07 Å². The van der Waals surface area contributed by atoms with Crippen LogP contribution >= 0.6 is 0 Å². The van der Waals surface area contributed by atoms with Gasteiger partial charge in [-0.1, -0.05) is 6.42 Å². The van der Waals surface area contributed by atoms with E-state index in [-0.39, 0.29) is 23.4 Å². The van der Waals surface area contributed by atoms with Crippen LogP contribution in [0, 0.1) is 17.2 Å². The number of nitrogens with zero attached hydrogens (tertiary/aromatic N) is 3. The molecule has 0 spiro atoms. The lowest BCUT2D eigenvalue weighted by atomic mass is 9.80. The number of amidine groups is 1. The molecule has 0 saturated heterocycles. The minimum atomic E-state index is -0.619. The Morgan fingerprint density at radius 1 is 1.29 bits per heavy atom. The van der Waals surface area contributed by atoms with Gasteiger partial charge in [0.15, 0.2) is 5.69 Å². The summed E-state index contributed by atoms with van der Waals surface area (Å²) in [4.78, 5) is 26.0. The largest absolute Gasteiger partial charge is 0.387 e. The van der Waals surface area contributed by atoms with Gasteiger partial charge in [0.25, 0.3) is 11.8 Å². The SMILES string of the molecule is N=C(N)C1CCCC(CN2CCCn3nc(C(N)=O)cc3C2=O)C1. The molecule has 1 fully saturated rings. The van der Waals surface area contributed by atoms with Crippen LogP contribution in [-0.2, 0) is 6.54 Å². The van der Waals surface area contributed by atoms with Crippen LogP contribution < -0.4 is 11.5 Å². The maximum atomic E-state index is 12.8. The summed E-state index contributed by atoms with van der Waals surface area (Å²) in [5.41, 5.74) is 11.5. The maximum Gasteiger partial charge on any atom is 0.272 e. The lowest BCUT2D eigenvalue weighted by molar-refractivity contribution is 0.0711. The number of hydrogen-bond donors (Lipinski definition) is 3. The van der Waals surface area contributed by atoms with Crippen LogP contribution in [0.2, 0.25) is 0 Å². The summed E-state index contributed by atoms with van der Waals surface area (Å²) >= 11 is 0. The molecule has 24 heavy (non-hydrogen) atoms. The fourth-order valence-corrected chi connectivity index (χ4v) is 3.78. The number of fused-ring (bicyclic) bond motifs is 1. The summed E-state index contributed by atoms with van der Waals surface area (Å²) in [6, 6.07) is 1.49. The van der Waals surface area contributed by atoms with Gasteiger partial charge in [0.1, 0.15) is 5.69 Å². The van der Waals surface area contributed by atoms with E-state index in [9.17, 15) is 9.59 Å². The van der Waals surface area contributed by atoms with Crippen molar-refractivity contribution in [2.45, 2.75) is 38.6 Å². The first-order valence-electron chi connectivity index (χ1n) is 8.46. The molecule has 0 radical (unpaired) electrons. The highest BCUT2D eigenvalue weighted by atomic mass is 16.2. The molecule has 8 heteroatoms. The second kappa shape index (κ2) is 6.62. The first-order chi connectivity index (χ1) is 11.5. The van der Waals surface area contributed by atoms with Gasteiger partial charge in [0.05, 0.1) is 5.84 Å². The number of aryl methyl sites for hydroxylation is 1. The van der Waals surface area contributed by atoms with E-state index in [1.54, 1.807) is 4.68 Å². The standard InChI is InChI=1S/C16H24N6O2/c17-14(18)11-4-1-3-10(7-11)9-21-5-2-6-22-13(16(21)24)8-12(20-22)15(19)23/h8,10-11H,1-7,9H2,(H3,17,18)(H2,19,23). The average Bonchev–Trinajstić information content (AvgIpc) is 2.92. The van der Waals surface area contributed by atoms with E-state index < -0.39 is 5.91 Å². The third-order valence-corrected chi connectivity index (χ3v) is 5.04. The molecule has 2 heterocycles. The fraction of sp³-hybridized carbons (Fsp3) is 0.625. The number of nitrogens with one attached hydrogen (secondary N) is 1. The summed E-state index contributed by atoms with van der Waals surface area (Å²) in [5, 5.41) is 11.8. The highest BCUT2D eigenvalue weighted by Gasteiger charge is 2.30. The van der Waals surface area contributed by atoms with E-state index in [4.69, 9.17) is 16.9 Å². The molecule has 3 rings (SSSR count). The van der Waals surface area contributed by atoms with E-state index in [1.807, 2.05) is 4.90 Å². The zero-order chi connectivity index (χ0) is 17.3. The van der Waals surface area contributed by atoms with Crippen LogP contribution in [-0.4, -0.2) is 45.4 Å². The first kappa shape index (κ1) is 16.5. The van der Waals surface area contributed by atoms with Gasteiger partial charge >= 0.3 is 0 Å². The fourth-order valence-electron chi connectivity index (χ4n) is 3.78. The Morgan fingerprint density at radius 3 is 2.79 bits per heavy atom. The Bertz CT molecular complexity index is 668. The monoisotopic (exact) mass is 332 g/mol. The van der Waals surface area contributed by atoms with E-state index in [0.29, 0.717) is 31.2 Å². The van der Waals surface area contributed by atoms with E-state index in [0.717, 1.165) is 32.1 Å². The smallest absolute Gasteiger partial charge is 0.272 e. The first-order valence-corrected chi connectivity index (χ1v) is 8.46. The van der Waals surface area contributed by atoms with Crippen molar-refractivity contribution in [3.63, 3.8) is 0 Å². The van der Waals surface area contributed by atoms with Gasteiger partial charge in [0, 0.05) is 31.6 Å². The van der Waals surface area contributed by atoms with Crippen molar-refractivity contribution in [1.29, 1.82) is 5.41 Å². The molecule has 1 aromatic heterocycles. The highest BCUT2D eigenvalue weighted by molar-refractivity contribution is 5.97. The van der Waals surface area contributed by atoms with Crippen molar-refractivity contribution >= 4 is 17.6 Å². The lowest BCUT2D eigenvalue weighted by Gasteiger charge is -2.32. The van der Waals surface area contributed by atoms with Crippen LogP contribution in [0.25, 0.3) is 0 Å². The van der Waals surface area contributed by atoms with Crippen LogP contribution in [0.1, 0.15) is 53.1 Å². The summed E-state index contributed by atoms with van der Waals surface area (Å²) in [7, 11) is 0. The van der Waals surface area contributed by atoms with Gasteiger partial charge in [-0.3, -0.25) is 19.7 Å². The van der Waals surface area contributed by atoms with Gasteiger partial charge in [0.2, 0.25) is 0 Å². The van der Waals surface area contributed by atoms with Crippen molar-refractivity contribution < 1.29 is 9.59 Å². The zero-order valence-electron chi connectivity index (χ0n) is 13.7. The summed E-state index contributed by atoms with van der Waals surface area (Å²) in [6.07, 6.45) is 4.72. The molecular formula is C16H24N6O2. The Hall–Kier alpha value is -2.38. The number of nitrogens with two attached hydrogens (primary N) is 2. The molecule has 0 bridgehead atoms. The number of carbonyl (C=O) groups is 2. The summed E-state index contributed by atoms with van der Waals surface area (Å²) in [6.45, 7) is 1.95. The minimum Gasteiger partial charge on any atom is -0.387 e. The molecule has 1 aromatic rings. The average molecular weight is 332 g/mol. The summed E-state index contributed by atoms with van der Waals surface area (Å²) in [5.74, 6) is 0.0366. The van der Waals surface area contributed by atoms with Crippen LogP contribution in [0.5, 0.6) is 0 Å². The molecule has 1 aliphatic heterocycles.